The molecule has 6 nitrogen and oxygen atoms in total. The van der Waals surface area contributed by atoms with Crippen LogP contribution in [0.4, 0.5) is 5.82 Å². The Morgan fingerprint density at radius 2 is 1.94 bits per heavy atom. The van der Waals surface area contributed by atoms with Crippen molar-refractivity contribution in [1.82, 2.24) is 9.88 Å². The van der Waals surface area contributed by atoms with Gasteiger partial charge in [-0.2, -0.15) is 0 Å². The zero-order valence-corrected chi connectivity index (χ0v) is 19.6. The van der Waals surface area contributed by atoms with Crippen molar-refractivity contribution in [1.29, 1.82) is 0 Å². The highest BCUT2D eigenvalue weighted by atomic mass is 16.5. The summed E-state index contributed by atoms with van der Waals surface area (Å²) < 4.78 is 4.93. The highest BCUT2D eigenvalue weighted by Gasteiger charge is 2.27. The molecular formula is C27H35N3O3. The number of rotatable bonds is 8. The molecule has 2 aromatic rings. The number of carbonyl (C=O) groups is 2. The van der Waals surface area contributed by atoms with Gasteiger partial charge < -0.3 is 15.0 Å². The number of methoxy groups -OCH3 is 1. The van der Waals surface area contributed by atoms with Gasteiger partial charge in [0.25, 0.3) is 0 Å². The molecule has 33 heavy (non-hydrogen) atoms. The van der Waals surface area contributed by atoms with Crippen molar-refractivity contribution < 1.29 is 14.3 Å². The molecule has 4 rings (SSSR count). The Balaban J connectivity index is 1.26. The van der Waals surface area contributed by atoms with E-state index >= 15 is 0 Å². The molecule has 0 bridgehead atoms. The number of aryl methyl sites for hydroxylation is 2. The molecule has 1 aromatic heterocycles. The van der Waals surface area contributed by atoms with Crippen molar-refractivity contribution >= 4 is 17.7 Å². The first-order valence-corrected chi connectivity index (χ1v) is 12.2. The lowest BCUT2D eigenvalue weighted by Crippen LogP contribution is -2.39. The number of benzene rings is 1. The van der Waals surface area contributed by atoms with Crippen molar-refractivity contribution in [2.45, 2.75) is 57.3 Å². The van der Waals surface area contributed by atoms with Crippen molar-refractivity contribution in [3.8, 4) is 0 Å². The molecule has 0 radical (unpaired) electrons. The maximum Gasteiger partial charge on any atom is 0.306 e. The predicted octanol–water partition coefficient (Wildman–Crippen LogP) is 4.35. The SMILES string of the molecule is COC(=O)CC(CC1CCN(C(=O)CCc2ccc3c(n2)NCCC3)CC1)c1ccccc1. The fraction of sp³-hybridized carbons (Fsp3) is 0.519. The van der Waals surface area contributed by atoms with Crippen LogP contribution >= 0.6 is 0 Å². The third-order valence-corrected chi connectivity index (χ3v) is 7.04. The Bertz CT molecular complexity index is 939. The molecule has 6 heteroatoms. The van der Waals surface area contributed by atoms with Crippen LogP contribution in [0.2, 0.25) is 0 Å². The highest BCUT2D eigenvalue weighted by Crippen LogP contribution is 2.32. The maximum absolute atomic E-state index is 12.8. The Morgan fingerprint density at radius 1 is 1.15 bits per heavy atom. The molecule has 1 atom stereocenters. The first-order valence-electron chi connectivity index (χ1n) is 12.2. The van der Waals surface area contributed by atoms with Gasteiger partial charge >= 0.3 is 5.97 Å². The first kappa shape index (κ1) is 23.3. The van der Waals surface area contributed by atoms with Gasteiger partial charge in [-0.3, -0.25) is 9.59 Å². The monoisotopic (exact) mass is 449 g/mol. The fourth-order valence-corrected chi connectivity index (χ4v) is 5.07. The molecule has 2 aliphatic rings. The largest absolute Gasteiger partial charge is 0.469 e. The van der Waals surface area contributed by atoms with Crippen LogP contribution in [0.1, 0.15) is 61.3 Å². The first-order chi connectivity index (χ1) is 16.1. The Labute approximate surface area is 196 Å². The summed E-state index contributed by atoms with van der Waals surface area (Å²) in [7, 11) is 1.45. The second-order valence-corrected chi connectivity index (χ2v) is 9.29. The summed E-state index contributed by atoms with van der Waals surface area (Å²) in [6.45, 7) is 2.56. The minimum absolute atomic E-state index is 0.162. The van der Waals surface area contributed by atoms with Crippen LogP contribution in [0.5, 0.6) is 0 Å². The molecule has 1 unspecified atom stereocenters. The fourth-order valence-electron chi connectivity index (χ4n) is 5.07. The summed E-state index contributed by atoms with van der Waals surface area (Å²) in [5, 5.41) is 3.37. The van der Waals surface area contributed by atoms with E-state index in [9.17, 15) is 9.59 Å². The van der Waals surface area contributed by atoms with Gasteiger partial charge in [0.15, 0.2) is 0 Å². The van der Waals surface area contributed by atoms with Gasteiger partial charge in [-0.05, 0) is 67.6 Å². The summed E-state index contributed by atoms with van der Waals surface area (Å²) in [5.74, 6) is 1.72. The normalized spacial score (nSPS) is 17.1. The molecule has 1 N–H and O–H groups in total. The summed E-state index contributed by atoms with van der Waals surface area (Å²) in [6.07, 6.45) is 6.74. The Kier molecular flexibility index (Phi) is 7.97. The van der Waals surface area contributed by atoms with Crippen LogP contribution in [0.25, 0.3) is 0 Å². The van der Waals surface area contributed by atoms with Crippen molar-refractivity contribution in [3.63, 3.8) is 0 Å². The summed E-state index contributed by atoms with van der Waals surface area (Å²) in [5.41, 5.74) is 3.45. The molecule has 0 saturated carbocycles. The number of ether oxygens (including phenoxy) is 1. The number of hydrogen-bond acceptors (Lipinski definition) is 5. The van der Waals surface area contributed by atoms with E-state index in [1.54, 1.807) is 0 Å². The van der Waals surface area contributed by atoms with Crippen LogP contribution in [0.3, 0.4) is 0 Å². The molecule has 1 saturated heterocycles. The number of likely N-dealkylation sites (tertiary alicyclic amines) is 1. The smallest absolute Gasteiger partial charge is 0.306 e. The second-order valence-electron chi connectivity index (χ2n) is 9.29. The molecule has 2 aliphatic heterocycles. The summed E-state index contributed by atoms with van der Waals surface area (Å²) in [6, 6.07) is 14.4. The third kappa shape index (κ3) is 6.34. The molecule has 1 amide bonds. The van der Waals surface area contributed by atoms with Gasteiger partial charge in [0.05, 0.1) is 13.5 Å². The van der Waals surface area contributed by atoms with E-state index in [0.29, 0.717) is 25.2 Å². The third-order valence-electron chi connectivity index (χ3n) is 7.04. The summed E-state index contributed by atoms with van der Waals surface area (Å²) >= 11 is 0. The van der Waals surface area contributed by atoms with E-state index in [1.807, 2.05) is 23.1 Å². The molecule has 1 aromatic carbocycles. The van der Waals surface area contributed by atoms with Gasteiger partial charge in [-0.25, -0.2) is 4.98 Å². The molecule has 176 valence electrons. The lowest BCUT2D eigenvalue weighted by molar-refractivity contribution is -0.141. The van der Waals surface area contributed by atoms with E-state index in [1.165, 1.54) is 18.2 Å². The van der Waals surface area contributed by atoms with Gasteiger partial charge in [0.1, 0.15) is 5.82 Å². The maximum atomic E-state index is 12.8. The quantitative estimate of drug-likeness (QED) is 0.607. The number of amides is 1. The number of anilines is 1. The van der Waals surface area contributed by atoms with Crippen LogP contribution in [-0.2, 0) is 27.2 Å². The van der Waals surface area contributed by atoms with Gasteiger partial charge in [0, 0.05) is 31.7 Å². The number of hydrogen-bond donors (Lipinski definition) is 1. The zero-order chi connectivity index (χ0) is 23.0. The lowest BCUT2D eigenvalue weighted by atomic mass is 9.82. The van der Waals surface area contributed by atoms with Crippen LogP contribution in [0, 0.1) is 5.92 Å². The number of fused-ring (bicyclic) bond motifs is 1. The van der Waals surface area contributed by atoms with Gasteiger partial charge in [-0.15, -0.1) is 0 Å². The second kappa shape index (κ2) is 11.3. The Morgan fingerprint density at radius 3 is 2.70 bits per heavy atom. The zero-order valence-electron chi connectivity index (χ0n) is 19.6. The molecule has 0 spiro atoms. The van der Waals surface area contributed by atoms with E-state index in [-0.39, 0.29) is 17.8 Å². The predicted molar refractivity (Wildman–Crippen MR) is 129 cm³/mol. The van der Waals surface area contributed by atoms with E-state index < -0.39 is 0 Å². The number of nitrogens with zero attached hydrogens (tertiary/aromatic N) is 2. The summed E-state index contributed by atoms with van der Waals surface area (Å²) in [4.78, 5) is 31.5. The number of nitrogens with one attached hydrogen (secondary N) is 1. The minimum Gasteiger partial charge on any atom is -0.469 e. The number of pyridine rings is 1. The standard InChI is InChI=1S/C27H35N3O3/c1-33-26(32)19-23(21-6-3-2-4-7-21)18-20-13-16-30(17-14-20)25(31)12-11-24-10-9-22-8-5-15-28-27(22)29-24/h2-4,6-7,9-10,20,23H,5,8,11-19H2,1H3,(H,28,29). The highest BCUT2D eigenvalue weighted by molar-refractivity contribution is 5.76. The average molecular weight is 450 g/mol. The van der Waals surface area contributed by atoms with Gasteiger partial charge in [0.2, 0.25) is 5.91 Å². The van der Waals surface area contributed by atoms with E-state index in [0.717, 1.165) is 63.3 Å². The molecule has 0 aliphatic carbocycles. The average Bonchev–Trinajstić information content (AvgIpc) is 2.87. The molecular weight excluding hydrogens is 414 g/mol. The molecule has 1 fully saturated rings. The number of carbonyl (C=O) groups excluding carboxylic acids is 2. The van der Waals surface area contributed by atoms with Crippen molar-refractivity contribution in [3.05, 3.63) is 59.3 Å². The topological polar surface area (TPSA) is 71.5 Å². The van der Waals surface area contributed by atoms with Crippen molar-refractivity contribution in [2.75, 3.05) is 32.1 Å². The minimum atomic E-state index is -0.164. The lowest BCUT2D eigenvalue weighted by Gasteiger charge is -2.34. The van der Waals surface area contributed by atoms with Gasteiger partial charge in [-0.1, -0.05) is 36.4 Å². The van der Waals surface area contributed by atoms with Crippen LogP contribution in [-0.4, -0.2) is 48.5 Å². The van der Waals surface area contributed by atoms with Crippen molar-refractivity contribution in [2.24, 2.45) is 5.92 Å². The van der Waals surface area contributed by atoms with E-state index in [4.69, 9.17) is 9.72 Å². The van der Waals surface area contributed by atoms with Crippen LogP contribution in [0.15, 0.2) is 42.5 Å². The Hall–Kier alpha value is -2.89. The molecule has 3 heterocycles. The number of esters is 1. The number of aromatic nitrogens is 1. The number of piperidine rings is 1. The van der Waals surface area contributed by atoms with E-state index in [2.05, 4.69) is 29.6 Å². The van der Waals surface area contributed by atoms with Crippen LogP contribution < -0.4 is 5.32 Å².